The van der Waals surface area contributed by atoms with Gasteiger partial charge >= 0.3 is 6.03 Å². The van der Waals surface area contributed by atoms with E-state index in [0.717, 1.165) is 37.3 Å². The van der Waals surface area contributed by atoms with E-state index in [1.165, 1.54) is 25.7 Å². The first-order chi connectivity index (χ1) is 14.2. The van der Waals surface area contributed by atoms with Crippen molar-refractivity contribution >= 4 is 23.3 Å². The first-order valence-electron chi connectivity index (χ1n) is 11.0. The Labute approximate surface area is 173 Å². The fraction of sp³-hybridized carbons (Fsp3) is 0.636. The van der Waals surface area contributed by atoms with Crippen molar-refractivity contribution in [3.05, 3.63) is 24.3 Å². The van der Waals surface area contributed by atoms with E-state index in [1.54, 1.807) is 4.90 Å². The van der Waals surface area contributed by atoms with Crippen molar-refractivity contribution in [3.8, 4) is 0 Å². The lowest BCUT2D eigenvalue weighted by Gasteiger charge is -2.36. The summed E-state index contributed by atoms with van der Waals surface area (Å²) in [6.45, 7) is 5.00. The van der Waals surface area contributed by atoms with Crippen molar-refractivity contribution in [2.75, 3.05) is 56.1 Å². The number of amides is 3. The van der Waals surface area contributed by atoms with E-state index in [9.17, 15) is 9.59 Å². The fourth-order valence-electron chi connectivity index (χ4n) is 4.47. The van der Waals surface area contributed by atoms with E-state index < -0.39 is 0 Å². The van der Waals surface area contributed by atoms with Crippen LogP contribution in [0, 0.1) is 0 Å². The highest BCUT2D eigenvalue weighted by molar-refractivity contribution is 5.93. The number of urea groups is 1. The Morgan fingerprint density at radius 3 is 2.24 bits per heavy atom. The third-order valence-electron chi connectivity index (χ3n) is 6.18. The molecule has 3 saturated heterocycles. The second-order valence-corrected chi connectivity index (χ2v) is 8.16. The van der Waals surface area contributed by atoms with E-state index in [4.69, 9.17) is 4.74 Å². The number of rotatable bonds is 3. The number of carbonyl (C=O) groups excluding carboxylic acids is 2. The van der Waals surface area contributed by atoms with Gasteiger partial charge in [0.15, 0.2) is 0 Å². The summed E-state index contributed by atoms with van der Waals surface area (Å²) >= 11 is 0. The normalized spacial score (nSPS) is 23.0. The van der Waals surface area contributed by atoms with Crippen LogP contribution >= 0.6 is 0 Å². The van der Waals surface area contributed by atoms with E-state index in [0.29, 0.717) is 32.8 Å². The first-order valence-corrected chi connectivity index (χ1v) is 11.0. The summed E-state index contributed by atoms with van der Waals surface area (Å²) in [5, 5.41) is 3.11. The van der Waals surface area contributed by atoms with Gasteiger partial charge in [0.2, 0.25) is 0 Å². The first kappa shape index (κ1) is 20.0. The van der Waals surface area contributed by atoms with Crippen LogP contribution in [0.1, 0.15) is 38.5 Å². The molecule has 7 nitrogen and oxygen atoms in total. The number of hydrogen-bond donors (Lipinski definition) is 1. The van der Waals surface area contributed by atoms with Crippen molar-refractivity contribution in [3.63, 3.8) is 0 Å². The van der Waals surface area contributed by atoms with Crippen LogP contribution in [0.25, 0.3) is 0 Å². The van der Waals surface area contributed by atoms with Gasteiger partial charge in [-0.1, -0.05) is 25.0 Å². The second kappa shape index (κ2) is 9.48. The molecule has 0 radical (unpaired) electrons. The summed E-state index contributed by atoms with van der Waals surface area (Å²) in [7, 11) is 0. The van der Waals surface area contributed by atoms with Crippen LogP contribution in [0.3, 0.4) is 0 Å². The molecular formula is C22H32N4O3. The van der Waals surface area contributed by atoms with Crippen molar-refractivity contribution in [1.29, 1.82) is 0 Å². The van der Waals surface area contributed by atoms with Crippen LogP contribution < -0.4 is 10.2 Å². The van der Waals surface area contributed by atoms with Crippen molar-refractivity contribution < 1.29 is 14.3 Å². The Morgan fingerprint density at radius 2 is 1.55 bits per heavy atom. The molecule has 1 aromatic rings. The lowest BCUT2D eigenvalue weighted by atomic mass is 10.2. The second-order valence-electron chi connectivity index (χ2n) is 8.16. The standard InChI is InChI=1S/C22H32N4O3/c27-21(20-10-7-17-29-20)25-13-15-26(16-14-25)22(28)23-18-8-3-4-9-19(18)24-11-5-1-2-6-12-24/h3-4,8-9,20H,1-2,5-7,10-17H2,(H,23,28)/t20-/m1/s1. The van der Waals surface area contributed by atoms with E-state index >= 15 is 0 Å². The number of nitrogens with zero attached hydrogens (tertiary/aromatic N) is 3. The van der Waals surface area contributed by atoms with E-state index in [1.807, 2.05) is 23.1 Å². The highest BCUT2D eigenvalue weighted by Gasteiger charge is 2.31. The largest absolute Gasteiger partial charge is 0.370 e. The van der Waals surface area contributed by atoms with Gasteiger partial charge in [0.1, 0.15) is 6.10 Å². The van der Waals surface area contributed by atoms with E-state index in [-0.39, 0.29) is 18.0 Å². The lowest BCUT2D eigenvalue weighted by Crippen LogP contribution is -2.53. The maximum atomic E-state index is 12.9. The molecule has 0 aliphatic carbocycles. The number of benzene rings is 1. The molecule has 158 valence electrons. The Morgan fingerprint density at radius 1 is 0.862 bits per heavy atom. The number of hydrogen-bond acceptors (Lipinski definition) is 4. The zero-order valence-corrected chi connectivity index (χ0v) is 17.1. The minimum atomic E-state index is -0.282. The maximum absolute atomic E-state index is 12.9. The molecule has 0 bridgehead atoms. The molecule has 3 aliphatic rings. The van der Waals surface area contributed by atoms with Crippen LogP contribution in [0.4, 0.5) is 16.2 Å². The molecule has 0 unspecified atom stereocenters. The quantitative estimate of drug-likeness (QED) is 0.847. The predicted molar refractivity (Wildman–Crippen MR) is 113 cm³/mol. The molecule has 7 heteroatoms. The number of anilines is 2. The van der Waals surface area contributed by atoms with Crippen molar-refractivity contribution in [1.82, 2.24) is 9.80 Å². The van der Waals surface area contributed by atoms with Gasteiger partial charge in [0.25, 0.3) is 5.91 Å². The molecule has 3 aliphatic heterocycles. The summed E-state index contributed by atoms with van der Waals surface area (Å²) in [6.07, 6.45) is 6.43. The zero-order valence-electron chi connectivity index (χ0n) is 17.1. The Bertz CT molecular complexity index is 704. The van der Waals surface area contributed by atoms with Gasteiger partial charge in [-0.15, -0.1) is 0 Å². The SMILES string of the molecule is O=C(Nc1ccccc1N1CCCCCC1)N1CCN(C(=O)[C@H]2CCCO2)CC1. The maximum Gasteiger partial charge on any atom is 0.322 e. The number of para-hydroxylation sites is 2. The smallest absolute Gasteiger partial charge is 0.322 e. The average molecular weight is 401 g/mol. The summed E-state index contributed by atoms with van der Waals surface area (Å²) in [6, 6.07) is 7.99. The van der Waals surface area contributed by atoms with Gasteiger partial charge in [-0.25, -0.2) is 4.79 Å². The minimum absolute atomic E-state index is 0.0778. The number of carbonyl (C=O) groups is 2. The molecule has 1 aromatic carbocycles. The zero-order chi connectivity index (χ0) is 20.1. The van der Waals surface area contributed by atoms with Crippen LogP contribution in [0.15, 0.2) is 24.3 Å². The van der Waals surface area contributed by atoms with Gasteiger partial charge in [-0.2, -0.15) is 0 Å². The highest BCUT2D eigenvalue weighted by atomic mass is 16.5. The summed E-state index contributed by atoms with van der Waals surface area (Å²) in [5.41, 5.74) is 1.98. The molecule has 0 saturated carbocycles. The Hall–Kier alpha value is -2.28. The molecule has 0 aromatic heterocycles. The average Bonchev–Trinajstić information content (AvgIpc) is 3.16. The third-order valence-corrected chi connectivity index (χ3v) is 6.18. The van der Waals surface area contributed by atoms with Crippen LogP contribution in [-0.2, 0) is 9.53 Å². The third kappa shape index (κ3) is 4.83. The van der Waals surface area contributed by atoms with Gasteiger partial charge in [-0.3, -0.25) is 4.79 Å². The molecule has 1 atom stereocenters. The van der Waals surface area contributed by atoms with Gasteiger partial charge in [0, 0.05) is 45.9 Å². The van der Waals surface area contributed by atoms with Crippen molar-refractivity contribution in [2.24, 2.45) is 0 Å². The summed E-state index contributed by atoms with van der Waals surface area (Å²) in [4.78, 5) is 31.4. The van der Waals surface area contributed by atoms with Gasteiger partial charge in [-0.05, 0) is 37.8 Å². The Balaban J connectivity index is 1.34. The lowest BCUT2D eigenvalue weighted by molar-refractivity contribution is -0.142. The van der Waals surface area contributed by atoms with Crippen molar-refractivity contribution in [2.45, 2.75) is 44.6 Å². The van der Waals surface area contributed by atoms with Crippen LogP contribution in [0.2, 0.25) is 0 Å². The number of nitrogens with one attached hydrogen (secondary N) is 1. The molecule has 4 rings (SSSR count). The number of ether oxygens (including phenoxy) is 1. The predicted octanol–water partition coefficient (Wildman–Crippen LogP) is 2.92. The molecule has 1 N–H and O–H groups in total. The number of piperazine rings is 1. The molecule has 29 heavy (non-hydrogen) atoms. The molecule has 3 fully saturated rings. The van der Waals surface area contributed by atoms with Crippen LogP contribution in [-0.4, -0.2) is 73.7 Å². The molecular weight excluding hydrogens is 368 g/mol. The van der Waals surface area contributed by atoms with Crippen LogP contribution in [0.5, 0.6) is 0 Å². The highest BCUT2D eigenvalue weighted by Crippen LogP contribution is 2.28. The molecule has 3 amide bonds. The molecule has 3 heterocycles. The van der Waals surface area contributed by atoms with Gasteiger partial charge in [0.05, 0.1) is 11.4 Å². The summed E-state index contributed by atoms with van der Waals surface area (Å²) in [5.74, 6) is 0.0778. The Kier molecular flexibility index (Phi) is 6.54. The van der Waals surface area contributed by atoms with E-state index in [2.05, 4.69) is 16.3 Å². The topological polar surface area (TPSA) is 65.1 Å². The summed E-state index contributed by atoms with van der Waals surface area (Å²) < 4.78 is 5.51. The fourth-order valence-corrected chi connectivity index (χ4v) is 4.47. The minimum Gasteiger partial charge on any atom is -0.370 e. The van der Waals surface area contributed by atoms with Gasteiger partial charge < -0.3 is 24.8 Å². The monoisotopic (exact) mass is 400 g/mol. The molecule has 0 spiro atoms.